The van der Waals surface area contributed by atoms with E-state index < -0.39 is 12.1 Å². The second-order valence-corrected chi connectivity index (χ2v) is 7.67. The number of carboxylic acids is 1. The molecule has 2 heterocycles. The maximum absolute atomic E-state index is 12.4. The zero-order chi connectivity index (χ0) is 23.0. The molecule has 1 aromatic rings. The lowest BCUT2D eigenvalue weighted by Crippen LogP contribution is -2.55. The van der Waals surface area contributed by atoms with E-state index in [0.717, 1.165) is 39.1 Å². The minimum atomic E-state index is -5.08. The number of carbonyl (C=O) groups is 2. The van der Waals surface area contributed by atoms with Gasteiger partial charge in [0.25, 0.3) is 0 Å². The molecule has 0 saturated carbocycles. The fourth-order valence-electron chi connectivity index (χ4n) is 3.45. The molecular weight excluding hydrogens is 417 g/mol. The van der Waals surface area contributed by atoms with Crippen LogP contribution in [0.15, 0.2) is 24.3 Å². The van der Waals surface area contributed by atoms with Gasteiger partial charge < -0.3 is 24.4 Å². The predicted molar refractivity (Wildman–Crippen MR) is 108 cm³/mol. The number of ether oxygens (including phenoxy) is 2. The van der Waals surface area contributed by atoms with Crippen molar-refractivity contribution in [2.45, 2.75) is 45.0 Å². The van der Waals surface area contributed by atoms with Gasteiger partial charge in [0.1, 0.15) is 6.61 Å². The normalized spacial score (nSPS) is 21.5. The Kier molecular flexibility index (Phi) is 9.12. The summed E-state index contributed by atoms with van der Waals surface area (Å²) in [5.74, 6) is -2.67. The van der Waals surface area contributed by atoms with E-state index in [9.17, 15) is 18.0 Å². The zero-order valence-electron chi connectivity index (χ0n) is 17.7. The number of anilines is 1. The number of rotatable bonds is 5. The first-order chi connectivity index (χ1) is 14.6. The van der Waals surface area contributed by atoms with E-state index in [-0.39, 0.29) is 24.7 Å². The number of halogens is 3. The summed E-state index contributed by atoms with van der Waals surface area (Å²) >= 11 is 0. The predicted octanol–water partition coefficient (Wildman–Crippen LogP) is 2.86. The molecule has 2 fully saturated rings. The highest BCUT2D eigenvalue weighted by Crippen LogP contribution is 2.20. The molecule has 0 bridgehead atoms. The number of nitrogens with zero attached hydrogens (tertiary/aromatic N) is 2. The van der Waals surface area contributed by atoms with Gasteiger partial charge in [0.05, 0.1) is 12.7 Å². The SMILES string of the molecule is Cc1ccc(N2CCN(C(=O)COCC3CCCO3)C(C)C2)cc1.O=C(O)C(F)(F)F. The summed E-state index contributed by atoms with van der Waals surface area (Å²) in [6, 6.07) is 8.78. The summed E-state index contributed by atoms with van der Waals surface area (Å²) < 4.78 is 42.8. The molecule has 10 heteroatoms. The van der Waals surface area contributed by atoms with Crippen molar-refractivity contribution in [1.29, 1.82) is 0 Å². The average Bonchev–Trinajstić information content (AvgIpc) is 3.21. The Morgan fingerprint density at radius 2 is 1.87 bits per heavy atom. The monoisotopic (exact) mass is 446 g/mol. The van der Waals surface area contributed by atoms with Crippen molar-refractivity contribution in [1.82, 2.24) is 4.90 Å². The Morgan fingerprint density at radius 3 is 2.39 bits per heavy atom. The maximum atomic E-state index is 12.4. The third-order valence-corrected chi connectivity index (χ3v) is 5.14. The molecule has 2 aliphatic rings. The molecule has 2 atom stereocenters. The van der Waals surface area contributed by atoms with Crippen LogP contribution in [-0.4, -0.2) is 79.7 Å². The number of benzene rings is 1. The van der Waals surface area contributed by atoms with E-state index in [1.807, 2.05) is 4.90 Å². The van der Waals surface area contributed by atoms with Crippen LogP contribution >= 0.6 is 0 Å². The van der Waals surface area contributed by atoms with Crippen molar-refractivity contribution in [2.24, 2.45) is 0 Å². The molecule has 0 radical (unpaired) electrons. The molecular formula is C21H29F3N2O5. The van der Waals surface area contributed by atoms with Gasteiger partial charge in [0.2, 0.25) is 5.91 Å². The number of alkyl halides is 3. The molecule has 1 aromatic carbocycles. The number of carboxylic acid groups (broad SMARTS) is 1. The van der Waals surface area contributed by atoms with Crippen molar-refractivity contribution in [3.63, 3.8) is 0 Å². The van der Waals surface area contributed by atoms with E-state index in [2.05, 4.69) is 43.0 Å². The molecule has 2 unspecified atom stereocenters. The summed E-state index contributed by atoms with van der Waals surface area (Å²) in [6.07, 6.45) is -2.77. The summed E-state index contributed by atoms with van der Waals surface area (Å²) in [5, 5.41) is 7.12. The summed E-state index contributed by atoms with van der Waals surface area (Å²) in [4.78, 5) is 25.6. The standard InChI is InChI=1S/C19H28N2O3.C2HF3O2/c1-15-5-7-17(8-6-15)20-9-10-21(16(2)12-20)19(22)14-23-13-18-4-3-11-24-18;3-2(4,5)1(6)7/h5-8,16,18H,3-4,9-14H2,1-2H3;(H,6,7). The van der Waals surface area contributed by atoms with Gasteiger partial charge in [-0.3, -0.25) is 4.79 Å². The minimum Gasteiger partial charge on any atom is -0.475 e. The molecule has 0 spiro atoms. The van der Waals surface area contributed by atoms with Crippen molar-refractivity contribution >= 4 is 17.6 Å². The largest absolute Gasteiger partial charge is 0.490 e. The van der Waals surface area contributed by atoms with Crippen molar-refractivity contribution in [2.75, 3.05) is 44.4 Å². The van der Waals surface area contributed by atoms with Crippen LogP contribution in [-0.2, 0) is 19.1 Å². The number of amides is 1. The van der Waals surface area contributed by atoms with E-state index in [1.54, 1.807) is 0 Å². The van der Waals surface area contributed by atoms with Gasteiger partial charge in [0.15, 0.2) is 0 Å². The third kappa shape index (κ3) is 8.02. The van der Waals surface area contributed by atoms with Gasteiger partial charge >= 0.3 is 12.1 Å². The van der Waals surface area contributed by atoms with Crippen LogP contribution in [0.1, 0.15) is 25.3 Å². The summed E-state index contributed by atoms with van der Waals surface area (Å²) in [5.41, 5.74) is 2.50. The van der Waals surface area contributed by atoms with Crippen LogP contribution in [0.25, 0.3) is 0 Å². The van der Waals surface area contributed by atoms with E-state index in [1.165, 1.54) is 11.3 Å². The Hall–Kier alpha value is -2.33. The third-order valence-electron chi connectivity index (χ3n) is 5.14. The number of hydrogen-bond donors (Lipinski definition) is 1. The second kappa shape index (κ2) is 11.3. The number of piperazine rings is 1. The highest BCUT2D eigenvalue weighted by molar-refractivity contribution is 5.78. The summed E-state index contributed by atoms with van der Waals surface area (Å²) in [7, 11) is 0. The summed E-state index contributed by atoms with van der Waals surface area (Å²) in [6.45, 7) is 8.19. The van der Waals surface area contributed by atoms with Crippen LogP contribution in [0.4, 0.5) is 18.9 Å². The Bertz CT molecular complexity index is 721. The van der Waals surface area contributed by atoms with Gasteiger partial charge in [-0.2, -0.15) is 13.2 Å². The molecule has 174 valence electrons. The number of carbonyl (C=O) groups excluding carboxylic acids is 1. The van der Waals surface area contributed by atoms with E-state index >= 15 is 0 Å². The van der Waals surface area contributed by atoms with Crippen molar-refractivity contribution in [3.05, 3.63) is 29.8 Å². The van der Waals surface area contributed by atoms with Crippen LogP contribution in [0.5, 0.6) is 0 Å². The van der Waals surface area contributed by atoms with Gasteiger partial charge in [-0.1, -0.05) is 17.7 Å². The van der Waals surface area contributed by atoms with Crippen molar-refractivity contribution < 1.29 is 37.3 Å². The van der Waals surface area contributed by atoms with E-state index in [4.69, 9.17) is 19.4 Å². The van der Waals surface area contributed by atoms with Crippen LogP contribution in [0.2, 0.25) is 0 Å². The Labute approximate surface area is 179 Å². The van der Waals surface area contributed by atoms with Crippen LogP contribution in [0.3, 0.4) is 0 Å². The Morgan fingerprint density at radius 1 is 1.23 bits per heavy atom. The lowest BCUT2D eigenvalue weighted by Gasteiger charge is -2.41. The van der Waals surface area contributed by atoms with Gasteiger partial charge in [0, 0.05) is 38.0 Å². The second-order valence-electron chi connectivity index (χ2n) is 7.67. The molecule has 1 amide bonds. The fraction of sp³-hybridized carbons (Fsp3) is 0.619. The number of aliphatic carboxylic acids is 1. The molecule has 1 N–H and O–H groups in total. The zero-order valence-corrected chi connectivity index (χ0v) is 17.7. The van der Waals surface area contributed by atoms with Gasteiger partial charge in [-0.25, -0.2) is 4.79 Å². The molecule has 2 aliphatic heterocycles. The highest BCUT2D eigenvalue weighted by atomic mass is 19.4. The minimum absolute atomic E-state index is 0.0871. The maximum Gasteiger partial charge on any atom is 0.490 e. The quantitative estimate of drug-likeness (QED) is 0.750. The fourth-order valence-corrected chi connectivity index (χ4v) is 3.45. The van der Waals surface area contributed by atoms with Crippen LogP contribution < -0.4 is 4.90 Å². The van der Waals surface area contributed by atoms with Gasteiger partial charge in [-0.05, 0) is 38.8 Å². The van der Waals surface area contributed by atoms with Crippen molar-refractivity contribution in [3.8, 4) is 0 Å². The highest BCUT2D eigenvalue weighted by Gasteiger charge is 2.38. The molecule has 2 saturated heterocycles. The number of aryl methyl sites for hydroxylation is 1. The average molecular weight is 446 g/mol. The van der Waals surface area contributed by atoms with E-state index in [0.29, 0.717) is 6.61 Å². The first-order valence-electron chi connectivity index (χ1n) is 10.2. The molecule has 0 aromatic heterocycles. The lowest BCUT2D eigenvalue weighted by atomic mass is 10.1. The number of hydrogen-bond acceptors (Lipinski definition) is 5. The molecule has 7 nitrogen and oxygen atoms in total. The van der Waals surface area contributed by atoms with Gasteiger partial charge in [-0.15, -0.1) is 0 Å². The topological polar surface area (TPSA) is 79.3 Å². The first kappa shape index (κ1) is 24.9. The smallest absolute Gasteiger partial charge is 0.475 e. The molecule has 0 aliphatic carbocycles. The lowest BCUT2D eigenvalue weighted by molar-refractivity contribution is -0.192. The molecule has 31 heavy (non-hydrogen) atoms. The Balaban J connectivity index is 0.000000423. The first-order valence-corrected chi connectivity index (χ1v) is 10.2. The van der Waals surface area contributed by atoms with Crippen LogP contribution in [0, 0.1) is 6.92 Å². The molecule has 3 rings (SSSR count).